The van der Waals surface area contributed by atoms with Crippen LogP contribution >= 0.6 is 0 Å². The van der Waals surface area contributed by atoms with Crippen molar-refractivity contribution in [3.8, 4) is 11.4 Å². The maximum Gasteiger partial charge on any atom is 0.248 e. The van der Waals surface area contributed by atoms with Gasteiger partial charge in [0, 0.05) is 61.6 Å². The number of likely N-dealkylation sites (tertiary alicyclic amines) is 1. The Hall–Kier alpha value is -4.51. The molecule has 11 nitrogen and oxygen atoms in total. The van der Waals surface area contributed by atoms with E-state index < -0.39 is 5.91 Å². The smallest absolute Gasteiger partial charge is 0.248 e. The number of benzene rings is 2. The third-order valence-electron chi connectivity index (χ3n) is 7.18. The molecule has 0 unspecified atom stereocenters. The number of primary amides is 1. The van der Waals surface area contributed by atoms with Crippen LogP contribution in [0.1, 0.15) is 23.2 Å². The number of imidazole rings is 1. The highest BCUT2D eigenvalue weighted by Crippen LogP contribution is 2.28. The molecule has 2 aromatic carbocycles. The monoisotopic (exact) mass is 526 g/mol. The van der Waals surface area contributed by atoms with Gasteiger partial charge < -0.3 is 30.2 Å². The SMILES string of the molecule is NC(=O)c1ccc(-c2nc(Nc3ccc(N4CCOCC4)cc3)c3ncn(CCN4CCCC4=O)c3n2)cc1. The summed E-state index contributed by atoms with van der Waals surface area (Å²) in [5, 5.41) is 3.43. The fraction of sp³-hybridized carbons (Fsp3) is 0.321. The van der Waals surface area contributed by atoms with Gasteiger partial charge in [-0.25, -0.2) is 15.0 Å². The van der Waals surface area contributed by atoms with Gasteiger partial charge in [0.15, 0.2) is 22.8 Å². The molecule has 39 heavy (non-hydrogen) atoms. The van der Waals surface area contributed by atoms with Crippen LogP contribution in [0.2, 0.25) is 0 Å². The second-order valence-corrected chi connectivity index (χ2v) is 9.70. The molecule has 6 rings (SSSR count). The predicted octanol–water partition coefficient (Wildman–Crippen LogP) is 2.79. The molecule has 200 valence electrons. The maximum atomic E-state index is 12.1. The number of nitrogens with zero attached hydrogens (tertiary/aromatic N) is 6. The van der Waals surface area contributed by atoms with Crippen LogP contribution in [-0.2, 0) is 16.1 Å². The number of hydrogen-bond donors (Lipinski definition) is 2. The van der Waals surface area contributed by atoms with Crippen molar-refractivity contribution in [2.24, 2.45) is 5.73 Å². The van der Waals surface area contributed by atoms with E-state index in [1.807, 2.05) is 21.6 Å². The van der Waals surface area contributed by atoms with E-state index >= 15 is 0 Å². The first kappa shape index (κ1) is 24.8. The number of carbonyl (C=O) groups excluding carboxylic acids is 2. The largest absolute Gasteiger partial charge is 0.378 e. The molecule has 0 radical (unpaired) electrons. The molecule has 0 saturated carbocycles. The third kappa shape index (κ3) is 5.26. The van der Waals surface area contributed by atoms with Gasteiger partial charge in [0.05, 0.1) is 19.5 Å². The van der Waals surface area contributed by atoms with E-state index in [1.165, 1.54) is 0 Å². The zero-order chi connectivity index (χ0) is 26.8. The lowest BCUT2D eigenvalue weighted by atomic mass is 10.1. The van der Waals surface area contributed by atoms with Crippen LogP contribution in [0.5, 0.6) is 0 Å². The molecule has 3 N–H and O–H groups in total. The lowest BCUT2D eigenvalue weighted by Crippen LogP contribution is -2.36. The van der Waals surface area contributed by atoms with Gasteiger partial charge in [-0.05, 0) is 42.8 Å². The normalized spacial score (nSPS) is 15.7. The number of anilines is 3. The zero-order valence-electron chi connectivity index (χ0n) is 21.5. The molecule has 0 bridgehead atoms. The summed E-state index contributed by atoms with van der Waals surface area (Å²) in [4.78, 5) is 42.1. The standard InChI is InChI=1S/C28H30N8O3/c29-25(38)19-3-5-20(6-4-19)26-32-27(31-21-7-9-22(10-8-21)34-14-16-39-17-15-34)24-28(33-26)36(18-30-24)13-12-35-11-1-2-23(35)37/h3-10,18H,1-2,11-17H2,(H2,29,38)(H,31,32,33). The van der Waals surface area contributed by atoms with Crippen LogP contribution < -0.4 is 16.0 Å². The molecule has 0 atom stereocenters. The number of hydrogen-bond acceptors (Lipinski definition) is 8. The van der Waals surface area contributed by atoms with Crippen molar-refractivity contribution < 1.29 is 14.3 Å². The average molecular weight is 527 g/mol. The second-order valence-electron chi connectivity index (χ2n) is 9.70. The minimum absolute atomic E-state index is 0.187. The Morgan fingerprint density at radius 3 is 2.44 bits per heavy atom. The molecule has 2 fully saturated rings. The predicted molar refractivity (Wildman–Crippen MR) is 148 cm³/mol. The minimum atomic E-state index is -0.490. The van der Waals surface area contributed by atoms with Crippen molar-refractivity contribution in [2.45, 2.75) is 19.4 Å². The van der Waals surface area contributed by atoms with E-state index in [0.29, 0.717) is 47.9 Å². The second kappa shape index (κ2) is 10.7. The van der Waals surface area contributed by atoms with Crippen molar-refractivity contribution in [3.63, 3.8) is 0 Å². The highest BCUT2D eigenvalue weighted by Gasteiger charge is 2.21. The van der Waals surface area contributed by atoms with Crippen molar-refractivity contribution in [1.82, 2.24) is 24.4 Å². The van der Waals surface area contributed by atoms with Gasteiger partial charge in [-0.3, -0.25) is 9.59 Å². The summed E-state index contributed by atoms with van der Waals surface area (Å²) in [5.74, 6) is 0.761. The molecule has 11 heteroatoms. The molecule has 0 spiro atoms. The third-order valence-corrected chi connectivity index (χ3v) is 7.18. The summed E-state index contributed by atoms with van der Waals surface area (Å²) in [6, 6.07) is 15.1. The van der Waals surface area contributed by atoms with Crippen molar-refractivity contribution in [2.75, 3.05) is 49.6 Å². The van der Waals surface area contributed by atoms with Gasteiger partial charge in [0.1, 0.15) is 0 Å². The Morgan fingerprint density at radius 2 is 1.74 bits per heavy atom. The quantitative estimate of drug-likeness (QED) is 0.358. The fourth-order valence-corrected chi connectivity index (χ4v) is 4.99. The van der Waals surface area contributed by atoms with E-state index in [9.17, 15) is 9.59 Å². The van der Waals surface area contributed by atoms with Crippen LogP contribution in [0, 0.1) is 0 Å². The average Bonchev–Trinajstić information content (AvgIpc) is 3.58. The first-order valence-corrected chi connectivity index (χ1v) is 13.2. The van der Waals surface area contributed by atoms with Gasteiger partial charge in [0.2, 0.25) is 11.8 Å². The van der Waals surface area contributed by atoms with Crippen LogP contribution in [0.25, 0.3) is 22.6 Å². The molecule has 2 aliphatic rings. The van der Waals surface area contributed by atoms with Crippen molar-refractivity contribution in [3.05, 3.63) is 60.4 Å². The summed E-state index contributed by atoms with van der Waals surface area (Å²) in [7, 11) is 0. The number of ether oxygens (including phenoxy) is 1. The Balaban J connectivity index is 1.32. The Kier molecular flexibility index (Phi) is 6.80. The number of fused-ring (bicyclic) bond motifs is 1. The van der Waals surface area contributed by atoms with Gasteiger partial charge in [-0.1, -0.05) is 12.1 Å². The molecule has 2 aliphatic heterocycles. The van der Waals surface area contributed by atoms with Gasteiger partial charge in [0.25, 0.3) is 0 Å². The Labute approximate surface area is 225 Å². The van der Waals surface area contributed by atoms with E-state index in [4.69, 9.17) is 20.4 Å². The zero-order valence-corrected chi connectivity index (χ0v) is 21.5. The van der Waals surface area contributed by atoms with Crippen molar-refractivity contribution in [1.29, 1.82) is 0 Å². The lowest BCUT2D eigenvalue weighted by Gasteiger charge is -2.28. The molecular weight excluding hydrogens is 496 g/mol. The Morgan fingerprint density at radius 1 is 0.974 bits per heavy atom. The van der Waals surface area contributed by atoms with Gasteiger partial charge in [-0.15, -0.1) is 0 Å². The van der Waals surface area contributed by atoms with Crippen LogP contribution in [0.15, 0.2) is 54.9 Å². The molecular formula is C28H30N8O3. The highest BCUT2D eigenvalue weighted by atomic mass is 16.5. The molecule has 2 aromatic heterocycles. The number of nitrogens with two attached hydrogens (primary N) is 1. The van der Waals surface area contributed by atoms with E-state index in [2.05, 4.69) is 27.3 Å². The number of aromatic nitrogens is 4. The van der Waals surface area contributed by atoms with E-state index in [0.717, 1.165) is 56.2 Å². The summed E-state index contributed by atoms with van der Waals surface area (Å²) in [6.07, 6.45) is 3.25. The molecule has 0 aliphatic carbocycles. The summed E-state index contributed by atoms with van der Waals surface area (Å²) < 4.78 is 7.42. The number of amides is 2. The lowest BCUT2D eigenvalue weighted by molar-refractivity contribution is -0.127. The van der Waals surface area contributed by atoms with Crippen LogP contribution in [-0.4, -0.2) is 75.6 Å². The fourth-order valence-electron chi connectivity index (χ4n) is 4.99. The number of morpholine rings is 1. The highest BCUT2D eigenvalue weighted by molar-refractivity contribution is 5.93. The van der Waals surface area contributed by atoms with E-state index in [1.54, 1.807) is 30.6 Å². The summed E-state index contributed by atoms with van der Waals surface area (Å²) in [6.45, 7) is 5.17. The summed E-state index contributed by atoms with van der Waals surface area (Å²) in [5.41, 5.74) is 9.90. The summed E-state index contributed by atoms with van der Waals surface area (Å²) >= 11 is 0. The van der Waals surface area contributed by atoms with Crippen LogP contribution in [0.4, 0.5) is 17.2 Å². The molecule has 4 aromatic rings. The van der Waals surface area contributed by atoms with Crippen molar-refractivity contribution >= 4 is 40.2 Å². The Bertz CT molecular complexity index is 1490. The minimum Gasteiger partial charge on any atom is -0.378 e. The first-order chi connectivity index (χ1) is 19.0. The van der Waals surface area contributed by atoms with E-state index in [-0.39, 0.29) is 5.91 Å². The van der Waals surface area contributed by atoms with Crippen LogP contribution in [0.3, 0.4) is 0 Å². The van der Waals surface area contributed by atoms with Gasteiger partial charge in [-0.2, -0.15) is 0 Å². The number of nitrogens with one attached hydrogen (secondary N) is 1. The molecule has 2 amide bonds. The number of carbonyl (C=O) groups is 2. The van der Waals surface area contributed by atoms with Gasteiger partial charge >= 0.3 is 0 Å². The first-order valence-electron chi connectivity index (χ1n) is 13.2. The topological polar surface area (TPSA) is 132 Å². The molecule has 2 saturated heterocycles. The molecule has 4 heterocycles. The maximum absolute atomic E-state index is 12.1. The number of rotatable bonds is 8.